The molecule has 0 aromatic carbocycles. The zero-order valence-electron chi connectivity index (χ0n) is 8.68. The molecule has 1 unspecified atom stereocenters. The number of rotatable bonds is 3. The fourth-order valence-electron chi connectivity index (χ4n) is 1.07. The highest BCUT2D eigenvalue weighted by atomic mass is 15.1. The fourth-order valence-corrected chi connectivity index (χ4v) is 1.07. The van der Waals surface area contributed by atoms with Crippen molar-refractivity contribution in [3.8, 4) is 0 Å². The van der Waals surface area contributed by atoms with Gasteiger partial charge in [0.1, 0.15) is 0 Å². The van der Waals surface area contributed by atoms with Crippen molar-refractivity contribution in [3.05, 3.63) is 11.6 Å². The monoisotopic (exact) mass is 155 g/mol. The second-order valence-corrected chi connectivity index (χ2v) is 3.79. The predicted molar refractivity (Wildman–Crippen MR) is 51.7 cm³/mol. The van der Waals surface area contributed by atoms with Crippen molar-refractivity contribution < 1.29 is 0 Å². The van der Waals surface area contributed by atoms with Crippen LogP contribution in [0.5, 0.6) is 0 Å². The van der Waals surface area contributed by atoms with Gasteiger partial charge in [0, 0.05) is 6.04 Å². The van der Waals surface area contributed by atoms with E-state index in [4.69, 9.17) is 0 Å². The summed E-state index contributed by atoms with van der Waals surface area (Å²) in [5.41, 5.74) is 1.46. The van der Waals surface area contributed by atoms with Gasteiger partial charge in [-0.2, -0.15) is 0 Å². The second kappa shape index (κ2) is 4.55. The number of nitrogens with zero attached hydrogens (tertiary/aromatic N) is 1. The summed E-state index contributed by atoms with van der Waals surface area (Å²) in [7, 11) is 4.23. The molecule has 0 aromatic rings. The van der Waals surface area contributed by atoms with Gasteiger partial charge < -0.3 is 4.90 Å². The summed E-state index contributed by atoms with van der Waals surface area (Å²) in [6.07, 6.45) is 2.32. The maximum absolute atomic E-state index is 2.32. The highest BCUT2D eigenvalue weighted by molar-refractivity contribution is 5.07. The Morgan fingerprint density at radius 2 is 1.64 bits per heavy atom. The van der Waals surface area contributed by atoms with Gasteiger partial charge in [-0.3, -0.25) is 0 Å². The van der Waals surface area contributed by atoms with E-state index in [1.54, 1.807) is 0 Å². The van der Waals surface area contributed by atoms with Crippen molar-refractivity contribution in [2.24, 2.45) is 5.92 Å². The molecular formula is C10H21N. The van der Waals surface area contributed by atoms with Crippen LogP contribution in [0.3, 0.4) is 0 Å². The van der Waals surface area contributed by atoms with Crippen molar-refractivity contribution in [3.63, 3.8) is 0 Å². The Hall–Kier alpha value is -0.300. The van der Waals surface area contributed by atoms with Crippen LogP contribution in [0.25, 0.3) is 0 Å². The molecule has 0 aromatic heterocycles. The molecule has 0 N–H and O–H groups in total. The third-order valence-electron chi connectivity index (χ3n) is 2.03. The topological polar surface area (TPSA) is 3.24 Å². The van der Waals surface area contributed by atoms with Gasteiger partial charge in [0.2, 0.25) is 0 Å². The van der Waals surface area contributed by atoms with Crippen LogP contribution >= 0.6 is 0 Å². The maximum Gasteiger partial charge on any atom is 0.0270 e. The maximum atomic E-state index is 2.32. The smallest absolute Gasteiger partial charge is 0.0270 e. The minimum absolute atomic E-state index is 0.567. The molecule has 0 spiro atoms. The number of hydrogen-bond donors (Lipinski definition) is 0. The molecule has 0 amide bonds. The molecule has 0 saturated heterocycles. The van der Waals surface area contributed by atoms with Gasteiger partial charge in [0.05, 0.1) is 0 Å². The van der Waals surface area contributed by atoms with E-state index in [1.165, 1.54) is 5.57 Å². The molecule has 0 bridgehead atoms. The Morgan fingerprint density at radius 3 is 1.91 bits per heavy atom. The lowest BCUT2D eigenvalue weighted by Crippen LogP contribution is -2.25. The average Bonchev–Trinajstić information content (AvgIpc) is 1.84. The lowest BCUT2D eigenvalue weighted by Gasteiger charge is -2.21. The molecular weight excluding hydrogens is 134 g/mol. The molecule has 0 saturated carbocycles. The van der Waals surface area contributed by atoms with Gasteiger partial charge >= 0.3 is 0 Å². The molecule has 0 radical (unpaired) electrons. The van der Waals surface area contributed by atoms with E-state index < -0.39 is 0 Å². The zero-order valence-corrected chi connectivity index (χ0v) is 8.68. The quantitative estimate of drug-likeness (QED) is 0.566. The van der Waals surface area contributed by atoms with Crippen LogP contribution < -0.4 is 0 Å². The Morgan fingerprint density at radius 1 is 1.18 bits per heavy atom. The Bertz CT molecular complexity index is 134. The summed E-state index contributed by atoms with van der Waals surface area (Å²) in [5, 5.41) is 0. The van der Waals surface area contributed by atoms with Gasteiger partial charge in [-0.25, -0.2) is 0 Å². The van der Waals surface area contributed by atoms with Gasteiger partial charge in [0.15, 0.2) is 0 Å². The van der Waals surface area contributed by atoms with E-state index in [1.807, 2.05) is 0 Å². The standard InChI is InChI=1S/C10H21N/c1-8(2)7-9(3)10(4)11(5)6/h7-8,10H,1-6H3/b9-7-. The van der Waals surface area contributed by atoms with Crippen molar-refractivity contribution in [2.45, 2.75) is 33.7 Å². The minimum atomic E-state index is 0.567. The van der Waals surface area contributed by atoms with Crippen molar-refractivity contribution >= 4 is 0 Å². The summed E-state index contributed by atoms with van der Waals surface area (Å²) in [4.78, 5) is 2.23. The normalized spacial score (nSPS) is 16.2. The molecule has 0 heterocycles. The van der Waals surface area contributed by atoms with E-state index >= 15 is 0 Å². The first-order valence-corrected chi connectivity index (χ1v) is 4.30. The largest absolute Gasteiger partial charge is 0.303 e. The molecule has 1 nitrogen and oxygen atoms in total. The summed E-state index contributed by atoms with van der Waals surface area (Å²) in [6, 6.07) is 0.567. The van der Waals surface area contributed by atoms with Crippen molar-refractivity contribution in [1.29, 1.82) is 0 Å². The van der Waals surface area contributed by atoms with E-state index in [-0.39, 0.29) is 0 Å². The van der Waals surface area contributed by atoms with Crippen LogP contribution in [0.1, 0.15) is 27.7 Å². The summed E-state index contributed by atoms with van der Waals surface area (Å²) < 4.78 is 0. The summed E-state index contributed by atoms with van der Waals surface area (Å²) in [6.45, 7) is 8.86. The highest BCUT2D eigenvalue weighted by Gasteiger charge is 2.05. The molecule has 0 aliphatic rings. The van der Waals surface area contributed by atoms with Crippen LogP contribution in [-0.2, 0) is 0 Å². The van der Waals surface area contributed by atoms with Crippen LogP contribution in [0, 0.1) is 5.92 Å². The molecule has 66 valence electrons. The molecule has 0 aliphatic carbocycles. The van der Waals surface area contributed by atoms with Crippen molar-refractivity contribution in [2.75, 3.05) is 14.1 Å². The number of hydrogen-bond acceptors (Lipinski definition) is 1. The van der Waals surface area contributed by atoms with Gasteiger partial charge in [0.25, 0.3) is 0 Å². The number of likely N-dealkylation sites (N-methyl/N-ethyl adjacent to an activating group) is 1. The van der Waals surface area contributed by atoms with Crippen LogP contribution in [0.2, 0.25) is 0 Å². The summed E-state index contributed by atoms with van der Waals surface area (Å²) in [5.74, 6) is 0.664. The molecule has 11 heavy (non-hydrogen) atoms. The molecule has 1 atom stereocenters. The van der Waals surface area contributed by atoms with Crippen molar-refractivity contribution in [1.82, 2.24) is 4.90 Å². The first-order valence-electron chi connectivity index (χ1n) is 4.30. The molecule has 0 rings (SSSR count). The lowest BCUT2D eigenvalue weighted by molar-refractivity contribution is 0.349. The Kier molecular flexibility index (Phi) is 4.43. The minimum Gasteiger partial charge on any atom is -0.303 e. The van der Waals surface area contributed by atoms with Gasteiger partial charge in [-0.1, -0.05) is 25.5 Å². The van der Waals surface area contributed by atoms with E-state index in [2.05, 4.69) is 52.8 Å². The zero-order chi connectivity index (χ0) is 9.02. The average molecular weight is 155 g/mol. The SMILES string of the molecule is C/C(=C/C(C)C)C(C)N(C)C. The van der Waals surface area contributed by atoms with Crippen LogP contribution in [0.4, 0.5) is 0 Å². The second-order valence-electron chi connectivity index (χ2n) is 3.79. The lowest BCUT2D eigenvalue weighted by atomic mass is 10.0. The van der Waals surface area contributed by atoms with Crippen LogP contribution in [0.15, 0.2) is 11.6 Å². The molecule has 1 heteroatoms. The van der Waals surface area contributed by atoms with Crippen LogP contribution in [-0.4, -0.2) is 25.0 Å². The van der Waals surface area contributed by atoms with E-state index in [9.17, 15) is 0 Å². The third-order valence-corrected chi connectivity index (χ3v) is 2.03. The first-order chi connectivity index (χ1) is 4.95. The fraction of sp³-hybridized carbons (Fsp3) is 0.800. The third kappa shape index (κ3) is 4.20. The van der Waals surface area contributed by atoms with E-state index in [0.717, 1.165) is 0 Å². The number of allylic oxidation sites excluding steroid dienone is 1. The van der Waals surface area contributed by atoms with Gasteiger partial charge in [-0.15, -0.1) is 0 Å². The summed E-state index contributed by atoms with van der Waals surface area (Å²) >= 11 is 0. The Balaban J connectivity index is 4.11. The first kappa shape index (κ1) is 10.7. The Labute approximate surface area is 71.1 Å². The van der Waals surface area contributed by atoms with E-state index in [0.29, 0.717) is 12.0 Å². The molecule has 0 fully saturated rings. The predicted octanol–water partition coefficient (Wildman–Crippen LogP) is 2.54. The molecule has 0 aliphatic heterocycles. The van der Waals surface area contributed by atoms with Gasteiger partial charge in [-0.05, 0) is 33.9 Å². The highest BCUT2D eigenvalue weighted by Crippen LogP contribution is 2.09.